The van der Waals surface area contributed by atoms with E-state index in [-0.39, 0.29) is 17.6 Å². The van der Waals surface area contributed by atoms with Gasteiger partial charge in [-0.05, 0) is 51.0 Å². The SMILES string of the molecule is CC(C)(CCc1ccccc1)NC(=O)Oc1cnc(N2CC(F)(F)C2)c(OCC2CC2)n1. The second-order valence-corrected chi connectivity index (χ2v) is 9.19. The third-order valence-electron chi connectivity index (χ3n) is 5.52. The van der Waals surface area contributed by atoms with Crippen LogP contribution in [-0.2, 0) is 6.42 Å². The fourth-order valence-corrected chi connectivity index (χ4v) is 3.42. The van der Waals surface area contributed by atoms with Crippen molar-refractivity contribution in [2.75, 3.05) is 24.6 Å². The fourth-order valence-electron chi connectivity index (χ4n) is 3.42. The lowest BCUT2D eigenvalue weighted by atomic mass is 9.95. The van der Waals surface area contributed by atoms with Crippen LogP contribution in [0.1, 0.15) is 38.7 Å². The van der Waals surface area contributed by atoms with Crippen molar-refractivity contribution >= 4 is 11.9 Å². The molecular weight excluding hydrogens is 418 g/mol. The topological polar surface area (TPSA) is 76.6 Å². The van der Waals surface area contributed by atoms with E-state index in [1.165, 1.54) is 16.7 Å². The zero-order valence-corrected chi connectivity index (χ0v) is 18.3. The van der Waals surface area contributed by atoms with Crippen LogP contribution in [0.15, 0.2) is 36.5 Å². The zero-order valence-electron chi connectivity index (χ0n) is 18.3. The monoisotopic (exact) mass is 446 g/mol. The number of hydrogen-bond acceptors (Lipinski definition) is 6. The van der Waals surface area contributed by atoms with Crippen LogP contribution in [0.5, 0.6) is 11.8 Å². The summed E-state index contributed by atoms with van der Waals surface area (Å²) in [6, 6.07) is 10.0. The molecular formula is C23H28F2N4O3. The number of aromatic nitrogens is 2. The third-order valence-corrected chi connectivity index (χ3v) is 5.52. The van der Waals surface area contributed by atoms with Gasteiger partial charge in [-0.2, -0.15) is 4.98 Å². The first-order valence-electron chi connectivity index (χ1n) is 10.9. The Morgan fingerprint density at radius 2 is 1.97 bits per heavy atom. The Hall–Kier alpha value is -2.97. The summed E-state index contributed by atoms with van der Waals surface area (Å²) in [6.07, 6.45) is 4.26. The van der Waals surface area contributed by atoms with Crippen molar-refractivity contribution in [3.8, 4) is 11.8 Å². The van der Waals surface area contributed by atoms with Crippen LogP contribution in [0.3, 0.4) is 0 Å². The van der Waals surface area contributed by atoms with E-state index in [1.54, 1.807) is 0 Å². The summed E-state index contributed by atoms with van der Waals surface area (Å²) in [5, 5.41) is 2.85. The minimum absolute atomic E-state index is 0.0387. The summed E-state index contributed by atoms with van der Waals surface area (Å²) >= 11 is 0. The molecule has 1 N–H and O–H groups in total. The van der Waals surface area contributed by atoms with Crippen molar-refractivity contribution in [2.45, 2.75) is 51.0 Å². The molecule has 172 valence electrons. The van der Waals surface area contributed by atoms with E-state index in [2.05, 4.69) is 15.3 Å². The molecule has 1 aliphatic carbocycles. The normalized spacial score (nSPS) is 17.4. The van der Waals surface area contributed by atoms with Crippen LogP contribution in [0.25, 0.3) is 0 Å². The van der Waals surface area contributed by atoms with E-state index in [0.29, 0.717) is 12.5 Å². The largest absolute Gasteiger partial charge is 0.475 e. The van der Waals surface area contributed by atoms with E-state index in [0.717, 1.165) is 25.7 Å². The number of carbonyl (C=O) groups excluding carboxylic acids is 1. The lowest BCUT2D eigenvalue weighted by molar-refractivity contribution is -0.0270. The van der Waals surface area contributed by atoms with Gasteiger partial charge in [0.2, 0.25) is 5.88 Å². The smallest absolute Gasteiger partial charge is 0.414 e. The highest BCUT2D eigenvalue weighted by Crippen LogP contribution is 2.37. The number of aryl methyl sites for hydroxylation is 1. The summed E-state index contributed by atoms with van der Waals surface area (Å²) in [6.45, 7) is 3.41. The molecule has 0 spiro atoms. The first kappa shape index (κ1) is 22.2. The molecule has 1 aromatic carbocycles. The number of hydrogen-bond donors (Lipinski definition) is 1. The van der Waals surface area contributed by atoms with Gasteiger partial charge in [0.05, 0.1) is 25.9 Å². The lowest BCUT2D eigenvalue weighted by Gasteiger charge is -2.39. The molecule has 2 aromatic rings. The Bertz CT molecular complexity index is 944. The van der Waals surface area contributed by atoms with Crippen molar-refractivity contribution in [3.05, 3.63) is 42.1 Å². The van der Waals surface area contributed by atoms with Crippen LogP contribution < -0.4 is 19.7 Å². The second-order valence-electron chi connectivity index (χ2n) is 9.19. The Balaban J connectivity index is 1.36. The first-order chi connectivity index (χ1) is 15.2. The molecule has 7 nitrogen and oxygen atoms in total. The van der Waals surface area contributed by atoms with Crippen LogP contribution in [0.4, 0.5) is 19.4 Å². The van der Waals surface area contributed by atoms with Crippen LogP contribution in [0.2, 0.25) is 0 Å². The van der Waals surface area contributed by atoms with Crippen molar-refractivity contribution < 1.29 is 23.0 Å². The van der Waals surface area contributed by atoms with Crippen LogP contribution in [-0.4, -0.2) is 47.2 Å². The molecule has 2 heterocycles. The molecule has 1 amide bonds. The molecule has 1 aliphatic heterocycles. The number of rotatable bonds is 9. The molecule has 0 atom stereocenters. The molecule has 2 aliphatic rings. The summed E-state index contributed by atoms with van der Waals surface area (Å²) < 4.78 is 37.7. The number of nitrogens with zero attached hydrogens (tertiary/aromatic N) is 3. The van der Waals surface area contributed by atoms with E-state index >= 15 is 0 Å². The molecule has 1 saturated carbocycles. The maximum absolute atomic E-state index is 13.3. The highest BCUT2D eigenvalue weighted by molar-refractivity contribution is 5.70. The van der Waals surface area contributed by atoms with Gasteiger partial charge < -0.3 is 19.7 Å². The minimum Gasteiger partial charge on any atom is -0.475 e. The van der Waals surface area contributed by atoms with E-state index in [1.807, 2.05) is 44.2 Å². The standard InChI is InChI=1S/C23H28F2N4O3/c1-22(2,11-10-16-6-4-3-5-7-16)28-21(30)32-18-12-26-19(29-14-23(24,25)15-29)20(27-18)31-13-17-8-9-17/h3-7,12,17H,8-11,13-15H2,1-2H3,(H,28,30). The van der Waals surface area contributed by atoms with Gasteiger partial charge in [0, 0.05) is 5.54 Å². The minimum atomic E-state index is -2.74. The van der Waals surface area contributed by atoms with Crippen molar-refractivity contribution in [2.24, 2.45) is 5.92 Å². The second kappa shape index (κ2) is 8.88. The molecule has 0 unspecified atom stereocenters. The lowest BCUT2D eigenvalue weighted by Crippen LogP contribution is -2.56. The van der Waals surface area contributed by atoms with Gasteiger partial charge in [-0.25, -0.2) is 18.6 Å². The van der Waals surface area contributed by atoms with Gasteiger partial charge in [-0.3, -0.25) is 0 Å². The van der Waals surface area contributed by atoms with Gasteiger partial charge in [-0.15, -0.1) is 0 Å². The zero-order chi connectivity index (χ0) is 22.8. The van der Waals surface area contributed by atoms with E-state index in [4.69, 9.17) is 9.47 Å². The van der Waals surface area contributed by atoms with Crippen molar-refractivity contribution in [3.63, 3.8) is 0 Å². The molecule has 4 rings (SSSR count). The number of benzene rings is 1. The number of carbonyl (C=O) groups is 1. The Morgan fingerprint density at radius 3 is 2.62 bits per heavy atom. The molecule has 0 radical (unpaired) electrons. The molecule has 9 heteroatoms. The summed E-state index contributed by atoms with van der Waals surface area (Å²) in [4.78, 5) is 22.3. The number of ether oxygens (including phenoxy) is 2. The fraction of sp³-hybridized carbons (Fsp3) is 0.522. The quantitative estimate of drug-likeness (QED) is 0.622. The van der Waals surface area contributed by atoms with Crippen molar-refractivity contribution in [1.82, 2.24) is 15.3 Å². The molecule has 1 aromatic heterocycles. The third kappa shape index (κ3) is 6.05. The highest BCUT2D eigenvalue weighted by Gasteiger charge is 2.46. The van der Waals surface area contributed by atoms with Gasteiger partial charge in [0.15, 0.2) is 5.82 Å². The average Bonchev–Trinajstić information content (AvgIpc) is 3.54. The predicted octanol–water partition coefficient (Wildman–Crippen LogP) is 4.22. The Labute approximate surface area is 186 Å². The Morgan fingerprint density at radius 1 is 1.25 bits per heavy atom. The van der Waals surface area contributed by atoms with Gasteiger partial charge in [0.25, 0.3) is 11.8 Å². The summed E-state index contributed by atoms with van der Waals surface area (Å²) in [5.41, 5.74) is 0.681. The predicted molar refractivity (Wildman–Crippen MR) is 115 cm³/mol. The highest BCUT2D eigenvalue weighted by atomic mass is 19.3. The summed E-state index contributed by atoms with van der Waals surface area (Å²) in [5.74, 6) is -1.98. The Kier molecular flexibility index (Phi) is 6.17. The number of amides is 1. The van der Waals surface area contributed by atoms with E-state index in [9.17, 15) is 13.6 Å². The summed E-state index contributed by atoms with van der Waals surface area (Å²) in [7, 11) is 0. The van der Waals surface area contributed by atoms with Crippen LogP contribution >= 0.6 is 0 Å². The number of alkyl halides is 2. The molecule has 1 saturated heterocycles. The van der Waals surface area contributed by atoms with Crippen molar-refractivity contribution in [1.29, 1.82) is 0 Å². The first-order valence-corrected chi connectivity index (χ1v) is 10.9. The van der Waals surface area contributed by atoms with Crippen LogP contribution in [0, 0.1) is 5.92 Å². The molecule has 32 heavy (non-hydrogen) atoms. The maximum atomic E-state index is 13.3. The van der Waals surface area contributed by atoms with E-state index < -0.39 is 30.6 Å². The number of anilines is 1. The number of halogens is 2. The molecule has 0 bridgehead atoms. The van der Waals surface area contributed by atoms with Gasteiger partial charge in [-0.1, -0.05) is 30.3 Å². The number of nitrogens with one attached hydrogen (secondary N) is 1. The maximum Gasteiger partial charge on any atom is 0.414 e. The van der Waals surface area contributed by atoms with Gasteiger partial charge in [0.1, 0.15) is 0 Å². The molecule has 2 fully saturated rings. The average molecular weight is 446 g/mol. The van der Waals surface area contributed by atoms with Gasteiger partial charge >= 0.3 is 6.09 Å².